The molecule has 8 nitrogen and oxygen atoms in total. The molecule has 0 bridgehead atoms. The minimum Gasteiger partial charge on any atom is -0.392 e. The molecule has 3 N–H and O–H groups in total. The maximum absolute atomic E-state index is 9.42. The first kappa shape index (κ1) is 19.4. The highest BCUT2D eigenvalue weighted by Gasteiger charge is 2.18. The Morgan fingerprint density at radius 1 is 1.03 bits per heavy atom. The number of aliphatic hydroxyl groups is 1. The molecular formula is C24H17N7O. The average Bonchev–Trinajstić information content (AvgIpc) is 3.23. The van der Waals surface area contributed by atoms with Gasteiger partial charge in [0.15, 0.2) is 11.5 Å². The Hall–Kier alpha value is -4.61. The molecule has 0 radical (unpaired) electrons. The fourth-order valence-corrected chi connectivity index (χ4v) is 3.53. The van der Waals surface area contributed by atoms with Gasteiger partial charge in [-0.25, -0.2) is 19.8 Å². The first-order valence-corrected chi connectivity index (χ1v) is 9.81. The summed E-state index contributed by atoms with van der Waals surface area (Å²) < 4.78 is 1.92. The van der Waals surface area contributed by atoms with Gasteiger partial charge in [0, 0.05) is 29.8 Å². The molecule has 0 unspecified atom stereocenters. The van der Waals surface area contributed by atoms with E-state index in [2.05, 4.69) is 14.8 Å². The normalized spacial score (nSPS) is 10.9. The highest BCUT2D eigenvalue weighted by atomic mass is 16.3. The zero-order valence-electron chi connectivity index (χ0n) is 16.8. The summed E-state index contributed by atoms with van der Waals surface area (Å²) in [4.78, 5) is 21.5. The fourth-order valence-electron chi connectivity index (χ4n) is 3.53. The molecule has 0 spiro atoms. The van der Waals surface area contributed by atoms with E-state index in [0.717, 1.165) is 16.8 Å². The molecule has 32 heavy (non-hydrogen) atoms. The van der Waals surface area contributed by atoms with Crippen molar-refractivity contribution in [1.29, 1.82) is 0 Å². The van der Waals surface area contributed by atoms with E-state index < -0.39 is 0 Å². The minimum atomic E-state index is -0.0415. The number of hydrogen-bond donors (Lipinski definition) is 2. The van der Waals surface area contributed by atoms with Gasteiger partial charge in [0.25, 0.3) is 0 Å². The molecule has 154 valence electrons. The van der Waals surface area contributed by atoms with Crippen LogP contribution in [0.2, 0.25) is 0 Å². The van der Waals surface area contributed by atoms with Gasteiger partial charge in [0.1, 0.15) is 11.3 Å². The average molecular weight is 419 g/mol. The molecule has 8 heteroatoms. The van der Waals surface area contributed by atoms with E-state index in [1.54, 1.807) is 18.5 Å². The van der Waals surface area contributed by atoms with Crippen LogP contribution in [0.25, 0.3) is 44.3 Å². The first-order chi connectivity index (χ1) is 15.7. The lowest BCUT2D eigenvalue weighted by atomic mass is 10.2. The number of nitrogens with two attached hydrogens (primary N) is 1. The number of nitrogen functional groups attached to an aromatic ring is 1. The highest BCUT2D eigenvalue weighted by Crippen LogP contribution is 2.32. The summed E-state index contributed by atoms with van der Waals surface area (Å²) in [7, 11) is 0. The van der Waals surface area contributed by atoms with Gasteiger partial charge in [-0.2, -0.15) is 0 Å². The molecule has 0 saturated heterocycles. The Morgan fingerprint density at radius 3 is 2.62 bits per heavy atom. The van der Waals surface area contributed by atoms with Crippen LogP contribution in [0.1, 0.15) is 5.56 Å². The number of fused-ring (bicyclic) bond motifs is 1. The summed E-state index contributed by atoms with van der Waals surface area (Å²) in [6.45, 7) is 7.21. The number of hydrogen-bond acceptors (Lipinski definition) is 6. The van der Waals surface area contributed by atoms with Crippen LogP contribution in [0.3, 0.4) is 0 Å². The number of pyridine rings is 3. The molecule has 0 saturated carbocycles. The topological polar surface area (TPSA) is 107 Å². The van der Waals surface area contributed by atoms with Gasteiger partial charge in [0.05, 0.1) is 24.4 Å². The second-order valence-corrected chi connectivity index (χ2v) is 7.11. The largest absolute Gasteiger partial charge is 0.392 e. The van der Waals surface area contributed by atoms with Crippen molar-refractivity contribution in [3.63, 3.8) is 0 Å². The molecule has 0 fully saturated rings. The SMILES string of the molecule is [C-]#[N+]c1cncc(-c2ccc3nc(-c4cccnc4N)n(-c4ccc(CO)cc4)c3n2)c1. The van der Waals surface area contributed by atoms with Crippen LogP contribution in [0.15, 0.2) is 73.2 Å². The standard InChI is InChI=1S/C24H17N7O/c1-26-17-11-16(12-27-13-17)20-8-9-21-24(29-20)31(18-6-4-15(14-32)5-7-18)23(30-21)19-3-2-10-28-22(19)25/h2-13,32H,14H2,(H2,25,28). The molecule has 4 aromatic heterocycles. The zero-order valence-corrected chi connectivity index (χ0v) is 16.8. The molecule has 4 heterocycles. The Morgan fingerprint density at radius 2 is 1.88 bits per heavy atom. The van der Waals surface area contributed by atoms with Crippen molar-refractivity contribution < 1.29 is 5.11 Å². The maximum atomic E-state index is 9.42. The summed E-state index contributed by atoms with van der Waals surface area (Å²) in [6, 6.07) is 16.7. The number of nitrogens with zero attached hydrogens (tertiary/aromatic N) is 6. The number of aromatic nitrogens is 5. The number of rotatable bonds is 4. The zero-order chi connectivity index (χ0) is 22.1. The summed E-state index contributed by atoms with van der Waals surface area (Å²) >= 11 is 0. The Bertz CT molecular complexity index is 1480. The lowest BCUT2D eigenvalue weighted by molar-refractivity contribution is 0.282. The third kappa shape index (κ3) is 3.33. The van der Waals surface area contributed by atoms with Crippen molar-refractivity contribution in [2.45, 2.75) is 6.61 Å². The second-order valence-electron chi connectivity index (χ2n) is 7.11. The fraction of sp³-hybridized carbons (Fsp3) is 0.0417. The molecule has 5 rings (SSSR count). The van der Waals surface area contributed by atoms with Gasteiger partial charge in [-0.3, -0.25) is 9.55 Å². The molecule has 0 aliphatic heterocycles. The van der Waals surface area contributed by atoms with E-state index in [-0.39, 0.29) is 6.61 Å². The van der Waals surface area contributed by atoms with E-state index in [1.807, 2.05) is 53.1 Å². The smallest absolute Gasteiger partial charge is 0.205 e. The molecule has 0 aliphatic carbocycles. The predicted molar refractivity (Wildman–Crippen MR) is 122 cm³/mol. The third-order valence-corrected chi connectivity index (χ3v) is 5.11. The van der Waals surface area contributed by atoms with Crippen LogP contribution < -0.4 is 5.73 Å². The van der Waals surface area contributed by atoms with Crippen molar-refractivity contribution in [2.75, 3.05) is 5.73 Å². The molecular weight excluding hydrogens is 402 g/mol. The summed E-state index contributed by atoms with van der Waals surface area (Å²) in [5.74, 6) is 0.977. The van der Waals surface area contributed by atoms with E-state index in [9.17, 15) is 5.11 Å². The van der Waals surface area contributed by atoms with E-state index in [0.29, 0.717) is 39.8 Å². The van der Waals surface area contributed by atoms with Crippen molar-refractivity contribution >= 4 is 22.7 Å². The quantitative estimate of drug-likeness (QED) is 0.424. The molecule has 1 aromatic carbocycles. The van der Waals surface area contributed by atoms with E-state index >= 15 is 0 Å². The number of anilines is 1. The van der Waals surface area contributed by atoms with Crippen LogP contribution >= 0.6 is 0 Å². The van der Waals surface area contributed by atoms with Gasteiger partial charge in [-0.05, 0) is 48.0 Å². The van der Waals surface area contributed by atoms with Gasteiger partial charge in [-0.15, -0.1) is 0 Å². The Kier molecular flexibility index (Phi) is 4.78. The number of benzene rings is 1. The van der Waals surface area contributed by atoms with Crippen molar-refractivity contribution in [3.05, 3.63) is 90.2 Å². The molecule has 0 aliphatic rings. The van der Waals surface area contributed by atoms with Crippen LogP contribution in [0, 0.1) is 6.57 Å². The van der Waals surface area contributed by atoms with Crippen molar-refractivity contribution in [1.82, 2.24) is 24.5 Å². The first-order valence-electron chi connectivity index (χ1n) is 9.81. The van der Waals surface area contributed by atoms with Gasteiger partial charge >= 0.3 is 0 Å². The van der Waals surface area contributed by atoms with Gasteiger partial charge in [0.2, 0.25) is 5.69 Å². The minimum absolute atomic E-state index is 0.0415. The van der Waals surface area contributed by atoms with Crippen LogP contribution in [0.5, 0.6) is 0 Å². The van der Waals surface area contributed by atoms with Crippen LogP contribution in [0.4, 0.5) is 11.5 Å². The molecule has 5 aromatic rings. The van der Waals surface area contributed by atoms with Crippen LogP contribution in [-0.4, -0.2) is 29.6 Å². The summed E-state index contributed by atoms with van der Waals surface area (Å²) in [5.41, 5.74) is 11.7. The number of imidazole rings is 1. The predicted octanol–water partition coefficient (Wildman–Crippen LogP) is 4.17. The maximum Gasteiger partial charge on any atom is 0.205 e. The highest BCUT2D eigenvalue weighted by molar-refractivity contribution is 5.84. The molecule has 0 amide bonds. The van der Waals surface area contributed by atoms with Gasteiger partial charge in [-0.1, -0.05) is 12.1 Å². The van der Waals surface area contributed by atoms with Crippen molar-refractivity contribution in [3.8, 4) is 28.3 Å². The number of aliphatic hydroxyl groups excluding tert-OH is 1. The summed E-state index contributed by atoms with van der Waals surface area (Å²) in [5, 5.41) is 9.42. The molecule has 0 atom stereocenters. The second kappa shape index (κ2) is 7.91. The van der Waals surface area contributed by atoms with Crippen molar-refractivity contribution in [2.24, 2.45) is 0 Å². The van der Waals surface area contributed by atoms with Crippen LogP contribution in [-0.2, 0) is 6.61 Å². The van der Waals surface area contributed by atoms with Gasteiger partial charge < -0.3 is 10.8 Å². The Balaban J connectivity index is 1.78. The van der Waals surface area contributed by atoms with E-state index in [4.69, 9.17) is 22.3 Å². The lowest BCUT2D eigenvalue weighted by Crippen LogP contribution is -2.02. The Labute approximate surface area is 183 Å². The summed E-state index contributed by atoms with van der Waals surface area (Å²) in [6.07, 6.45) is 4.83. The third-order valence-electron chi connectivity index (χ3n) is 5.11. The lowest BCUT2D eigenvalue weighted by Gasteiger charge is -2.11. The monoisotopic (exact) mass is 419 g/mol. The van der Waals surface area contributed by atoms with E-state index in [1.165, 1.54) is 6.20 Å².